The van der Waals surface area contributed by atoms with Crippen LogP contribution in [0.2, 0.25) is 5.02 Å². The van der Waals surface area contributed by atoms with Gasteiger partial charge in [-0.05, 0) is 50.6 Å². The van der Waals surface area contributed by atoms with Crippen molar-refractivity contribution in [2.75, 3.05) is 6.61 Å². The first-order chi connectivity index (χ1) is 13.4. The summed E-state index contributed by atoms with van der Waals surface area (Å²) in [5, 5.41) is 4.45. The number of aromatic amines is 1. The molecule has 1 aromatic carbocycles. The summed E-state index contributed by atoms with van der Waals surface area (Å²) < 4.78 is 15.4. The molecule has 0 unspecified atom stereocenters. The average Bonchev–Trinajstić information content (AvgIpc) is 3.25. The van der Waals surface area contributed by atoms with E-state index in [1.54, 1.807) is 45.0 Å². The van der Waals surface area contributed by atoms with E-state index >= 15 is 0 Å². The van der Waals surface area contributed by atoms with Crippen LogP contribution >= 0.6 is 11.6 Å². The molecule has 0 spiro atoms. The number of hydrogen-bond acceptors (Lipinski definition) is 7. The lowest BCUT2D eigenvalue weighted by atomic mass is 10.1. The number of H-pyrrole nitrogens is 1. The van der Waals surface area contributed by atoms with E-state index in [-0.39, 0.29) is 24.8 Å². The lowest BCUT2D eigenvalue weighted by Gasteiger charge is -2.03. The van der Waals surface area contributed by atoms with E-state index < -0.39 is 11.9 Å². The number of rotatable bonds is 6. The van der Waals surface area contributed by atoms with E-state index in [2.05, 4.69) is 15.1 Å². The lowest BCUT2D eigenvalue weighted by molar-refractivity contribution is 0.0422. The SMILES string of the molecule is CCOC(=O)c1c(C)[nH]c(C(=O)OCc2nc(-c3ccc(Cl)cc3)no2)c1C. The Kier molecular flexibility index (Phi) is 5.79. The second-order valence-electron chi connectivity index (χ2n) is 5.94. The zero-order valence-electron chi connectivity index (χ0n) is 15.5. The van der Waals surface area contributed by atoms with Crippen LogP contribution in [0.1, 0.15) is 44.9 Å². The highest BCUT2D eigenvalue weighted by molar-refractivity contribution is 6.30. The van der Waals surface area contributed by atoms with E-state index in [4.69, 9.17) is 25.6 Å². The summed E-state index contributed by atoms with van der Waals surface area (Å²) in [6.45, 7) is 5.10. The third-order valence-corrected chi connectivity index (χ3v) is 4.27. The standard InChI is InChI=1S/C19H18ClN3O5/c1-4-26-18(24)15-10(2)16(21-11(15)3)19(25)27-9-14-22-17(23-28-14)12-5-7-13(20)8-6-12/h5-8,21H,4,9H2,1-3H3. The van der Waals surface area contributed by atoms with Crippen LogP contribution in [0.15, 0.2) is 28.8 Å². The summed E-state index contributed by atoms with van der Waals surface area (Å²) in [6, 6.07) is 6.94. The van der Waals surface area contributed by atoms with Crippen molar-refractivity contribution < 1.29 is 23.6 Å². The van der Waals surface area contributed by atoms with Crippen molar-refractivity contribution >= 4 is 23.5 Å². The number of carbonyl (C=O) groups is 2. The zero-order chi connectivity index (χ0) is 20.3. The summed E-state index contributed by atoms with van der Waals surface area (Å²) in [5.41, 5.74) is 2.23. The highest BCUT2D eigenvalue weighted by Gasteiger charge is 2.24. The van der Waals surface area contributed by atoms with E-state index in [9.17, 15) is 9.59 Å². The van der Waals surface area contributed by atoms with E-state index in [1.165, 1.54) is 0 Å². The molecule has 0 aliphatic rings. The number of aromatic nitrogens is 3. The molecule has 0 aliphatic heterocycles. The van der Waals surface area contributed by atoms with Gasteiger partial charge >= 0.3 is 11.9 Å². The fourth-order valence-electron chi connectivity index (χ4n) is 2.69. The number of ether oxygens (including phenoxy) is 2. The fraction of sp³-hybridized carbons (Fsp3) is 0.263. The van der Waals surface area contributed by atoms with Gasteiger partial charge in [-0.1, -0.05) is 16.8 Å². The van der Waals surface area contributed by atoms with Gasteiger partial charge in [-0.2, -0.15) is 4.98 Å². The van der Waals surface area contributed by atoms with Crippen LogP contribution in [0.5, 0.6) is 0 Å². The molecule has 146 valence electrons. The molecule has 0 amide bonds. The number of nitrogens with one attached hydrogen (secondary N) is 1. The topological polar surface area (TPSA) is 107 Å². The second kappa shape index (κ2) is 8.26. The molecule has 2 heterocycles. The summed E-state index contributed by atoms with van der Waals surface area (Å²) in [6.07, 6.45) is 0. The molecule has 28 heavy (non-hydrogen) atoms. The van der Waals surface area contributed by atoms with Gasteiger partial charge in [-0.25, -0.2) is 9.59 Å². The maximum absolute atomic E-state index is 12.4. The Hall–Kier alpha value is -3.13. The van der Waals surface area contributed by atoms with Gasteiger partial charge in [0.1, 0.15) is 5.69 Å². The summed E-state index contributed by atoms with van der Waals surface area (Å²) in [7, 11) is 0. The highest BCUT2D eigenvalue weighted by atomic mass is 35.5. The van der Waals surface area contributed by atoms with Crippen molar-refractivity contribution in [3.63, 3.8) is 0 Å². The van der Waals surface area contributed by atoms with Crippen molar-refractivity contribution in [3.8, 4) is 11.4 Å². The van der Waals surface area contributed by atoms with Crippen LogP contribution in [0.4, 0.5) is 0 Å². The number of halogens is 1. The Morgan fingerprint density at radius 1 is 1.14 bits per heavy atom. The summed E-state index contributed by atoms with van der Waals surface area (Å²) in [5.74, 6) is -0.622. The van der Waals surface area contributed by atoms with Crippen LogP contribution < -0.4 is 0 Å². The van der Waals surface area contributed by atoms with Crippen molar-refractivity contribution in [2.24, 2.45) is 0 Å². The number of aryl methyl sites for hydroxylation is 1. The average molecular weight is 404 g/mol. The fourth-order valence-corrected chi connectivity index (χ4v) is 2.82. The van der Waals surface area contributed by atoms with Gasteiger partial charge < -0.3 is 19.0 Å². The van der Waals surface area contributed by atoms with Crippen LogP contribution in [-0.2, 0) is 16.1 Å². The molecule has 0 radical (unpaired) electrons. The molecule has 0 aliphatic carbocycles. The first-order valence-electron chi connectivity index (χ1n) is 8.52. The van der Waals surface area contributed by atoms with Gasteiger partial charge in [0.15, 0.2) is 6.61 Å². The largest absolute Gasteiger partial charge is 0.462 e. The Balaban J connectivity index is 1.69. The van der Waals surface area contributed by atoms with Gasteiger partial charge in [0, 0.05) is 16.3 Å². The number of nitrogens with zero attached hydrogens (tertiary/aromatic N) is 2. The minimum Gasteiger partial charge on any atom is -0.462 e. The highest BCUT2D eigenvalue weighted by Crippen LogP contribution is 2.21. The first kappa shape index (κ1) is 19.6. The molecule has 8 nitrogen and oxygen atoms in total. The van der Waals surface area contributed by atoms with Crippen LogP contribution in [0, 0.1) is 13.8 Å². The van der Waals surface area contributed by atoms with Gasteiger partial charge in [0.25, 0.3) is 5.89 Å². The van der Waals surface area contributed by atoms with E-state index in [0.29, 0.717) is 27.7 Å². The number of benzene rings is 1. The molecule has 9 heteroatoms. The van der Waals surface area contributed by atoms with Crippen molar-refractivity contribution in [2.45, 2.75) is 27.4 Å². The molecule has 0 saturated heterocycles. The smallest absolute Gasteiger partial charge is 0.355 e. The van der Waals surface area contributed by atoms with Gasteiger partial charge in [0.2, 0.25) is 5.82 Å². The van der Waals surface area contributed by atoms with Crippen LogP contribution in [0.25, 0.3) is 11.4 Å². The zero-order valence-corrected chi connectivity index (χ0v) is 16.3. The summed E-state index contributed by atoms with van der Waals surface area (Å²) in [4.78, 5) is 31.5. The Morgan fingerprint density at radius 2 is 1.86 bits per heavy atom. The molecular weight excluding hydrogens is 386 g/mol. The van der Waals surface area contributed by atoms with Gasteiger partial charge in [0.05, 0.1) is 12.2 Å². The quantitative estimate of drug-likeness (QED) is 0.622. The van der Waals surface area contributed by atoms with Crippen LogP contribution in [-0.4, -0.2) is 33.7 Å². The number of carbonyl (C=O) groups excluding carboxylic acids is 2. The van der Waals surface area contributed by atoms with Gasteiger partial charge in [-0.15, -0.1) is 0 Å². The molecule has 3 rings (SSSR count). The summed E-state index contributed by atoms with van der Waals surface area (Å²) >= 11 is 5.86. The first-order valence-corrected chi connectivity index (χ1v) is 8.90. The third-order valence-electron chi connectivity index (χ3n) is 4.02. The molecule has 0 atom stereocenters. The minimum absolute atomic E-state index is 0.143. The molecule has 0 bridgehead atoms. The third kappa shape index (κ3) is 4.07. The normalized spacial score (nSPS) is 10.7. The Morgan fingerprint density at radius 3 is 2.54 bits per heavy atom. The number of esters is 2. The minimum atomic E-state index is -0.637. The second-order valence-corrected chi connectivity index (χ2v) is 6.38. The predicted octanol–water partition coefficient (Wildman–Crippen LogP) is 3.87. The molecule has 0 saturated carbocycles. The van der Waals surface area contributed by atoms with E-state index in [0.717, 1.165) is 5.56 Å². The monoisotopic (exact) mass is 403 g/mol. The maximum atomic E-state index is 12.4. The van der Waals surface area contributed by atoms with E-state index in [1.807, 2.05) is 0 Å². The molecule has 3 aromatic rings. The Labute approximate surface area is 165 Å². The molecule has 2 aromatic heterocycles. The Bertz CT molecular complexity index is 1010. The van der Waals surface area contributed by atoms with Crippen molar-refractivity contribution in [1.82, 2.24) is 15.1 Å². The lowest BCUT2D eigenvalue weighted by Crippen LogP contribution is -2.09. The van der Waals surface area contributed by atoms with Crippen LogP contribution in [0.3, 0.4) is 0 Å². The molecule has 1 N–H and O–H groups in total. The number of hydrogen-bond donors (Lipinski definition) is 1. The molecule has 0 fully saturated rings. The van der Waals surface area contributed by atoms with Crippen molar-refractivity contribution in [1.29, 1.82) is 0 Å². The predicted molar refractivity (Wildman–Crippen MR) is 100 cm³/mol. The van der Waals surface area contributed by atoms with Gasteiger partial charge in [-0.3, -0.25) is 0 Å². The molecular formula is C19H18ClN3O5. The maximum Gasteiger partial charge on any atom is 0.355 e. The van der Waals surface area contributed by atoms with Crippen molar-refractivity contribution in [3.05, 3.63) is 57.7 Å².